The first-order valence-electron chi connectivity index (χ1n) is 5.44. The molecule has 0 aliphatic heterocycles. The predicted molar refractivity (Wildman–Crippen MR) is 66.4 cm³/mol. The Balaban J connectivity index is 2.34. The highest BCUT2D eigenvalue weighted by molar-refractivity contribution is 7.09. The van der Waals surface area contributed by atoms with E-state index >= 15 is 0 Å². The fourth-order valence-electron chi connectivity index (χ4n) is 1.23. The average molecular weight is 241 g/mol. The smallest absolute Gasteiger partial charge is 0.237 e. The van der Waals surface area contributed by atoms with E-state index in [1.54, 1.807) is 11.3 Å². The molecule has 0 bridgehead atoms. The SMILES string of the molecule is Cc1csc(CNC(C)C(=O)NC(C)C)n1. The second kappa shape index (κ2) is 5.96. The zero-order valence-electron chi connectivity index (χ0n) is 10.2. The van der Waals surface area contributed by atoms with Crippen LogP contribution in [0.25, 0.3) is 0 Å². The molecule has 1 heterocycles. The summed E-state index contributed by atoms with van der Waals surface area (Å²) in [5, 5.41) is 9.04. The van der Waals surface area contributed by atoms with Gasteiger partial charge in [-0.25, -0.2) is 4.98 Å². The quantitative estimate of drug-likeness (QED) is 0.820. The number of nitrogens with zero attached hydrogens (tertiary/aromatic N) is 1. The van der Waals surface area contributed by atoms with Crippen molar-refractivity contribution in [3.63, 3.8) is 0 Å². The number of thiazole rings is 1. The van der Waals surface area contributed by atoms with Crippen molar-refractivity contribution in [3.05, 3.63) is 16.1 Å². The van der Waals surface area contributed by atoms with Crippen molar-refractivity contribution in [1.82, 2.24) is 15.6 Å². The lowest BCUT2D eigenvalue weighted by Crippen LogP contribution is -2.44. The van der Waals surface area contributed by atoms with Gasteiger partial charge in [-0.1, -0.05) is 0 Å². The third-order valence-corrected chi connectivity index (χ3v) is 3.02. The molecule has 0 spiro atoms. The van der Waals surface area contributed by atoms with E-state index in [9.17, 15) is 4.79 Å². The zero-order valence-corrected chi connectivity index (χ0v) is 11.0. The number of amides is 1. The Bertz CT molecular complexity index is 349. The van der Waals surface area contributed by atoms with Crippen molar-refractivity contribution < 1.29 is 4.79 Å². The van der Waals surface area contributed by atoms with Gasteiger partial charge in [-0.3, -0.25) is 10.1 Å². The molecule has 0 aliphatic carbocycles. The molecule has 2 N–H and O–H groups in total. The van der Waals surface area contributed by atoms with Crippen LogP contribution in [-0.2, 0) is 11.3 Å². The topological polar surface area (TPSA) is 54.0 Å². The molecule has 0 radical (unpaired) electrons. The van der Waals surface area contributed by atoms with Crippen molar-refractivity contribution in [2.75, 3.05) is 0 Å². The van der Waals surface area contributed by atoms with E-state index in [1.165, 1.54) is 0 Å². The molecule has 5 heteroatoms. The number of carbonyl (C=O) groups is 1. The van der Waals surface area contributed by atoms with Crippen molar-refractivity contribution in [3.8, 4) is 0 Å². The molecule has 0 aromatic carbocycles. The molecule has 16 heavy (non-hydrogen) atoms. The van der Waals surface area contributed by atoms with Crippen molar-refractivity contribution in [1.29, 1.82) is 0 Å². The lowest BCUT2D eigenvalue weighted by Gasteiger charge is -2.15. The van der Waals surface area contributed by atoms with Crippen LogP contribution in [0.15, 0.2) is 5.38 Å². The van der Waals surface area contributed by atoms with Crippen LogP contribution in [0.3, 0.4) is 0 Å². The summed E-state index contributed by atoms with van der Waals surface area (Å²) in [6.07, 6.45) is 0. The fourth-order valence-corrected chi connectivity index (χ4v) is 1.95. The summed E-state index contributed by atoms with van der Waals surface area (Å²) in [6, 6.07) is -0.00883. The van der Waals surface area contributed by atoms with Gasteiger partial charge in [0.1, 0.15) is 5.01 Å². The number of carbonyl (C=O) groups excluding carboxylic acids is 1. The third kappa shape index (κ3) is 4.28. The minimum absolute atomic E-state index is 0.0308. The molecule has 1 atom stereocenters. The summed E-state index contributed by atoms with van der Waals surface area (Å²) in [7, 11) is 0. The molecule has 0 fully saturated rings. The molecule has 1 aromatic heterocycles. The van der Waals surface area contributed by atoms with Gasteiger partial charge in [-0.15, -0.1) is 11.3 Å². The van der Waals surface area contributed by atoms with Gasteiger partial charge in [0.05, 0.1) is 6.04 Å². The van der Waals surface area contributed by atoms with Gasteiger partial charge in [0.25, 0.3) is 0 Å². The van der Waals surface area contributed by atoms with Crippen LogP contribution in [0.4, 0.5) is 0 Å². The fraction of sp³-hybridized carbons (Fsp3) is 0.636. The Morgan fingerprint density at radius 1 is 1.50 bits per heavy atom. The standard InChI is InChI=1S/C11H19N3OS/c1-7(2)13-11(15)9(4)12-5-10-14-8(3)6-16-10/h6-7,9,12H,5H2,1-4H3,(H,13,15). The maximum atomic E-state index is 11.6. The summed E-state index contributed by atoms with van der Waals surface area (Å²) in [6.45, 7) is 8.38. The number of aryl methyl sites for hydroxylation is 1. The number of nitrogens with one attached hydrogen (secondary N) is 2. The Morgan fingerprint density at radius 3 is 2.69 bits per heavy atom. The van der Waals surface area contributed by atoms with Crippen LogP contribution in [0, 0.1) is 6.92 Å². The number of rotatable bonds is 5. The van der Waals surface area contributed by atoms with E-state index in [0.29, 0.717) is 6.54 Å². The van der Waals surface area contributed by atoms with Gasteiger partial charge >= 0.3 is 0 Å². The summed E-state index contributed by atoms with van der Waals surface area (Å²) < 4.78 is 0. The minimum Gasteiger partial charge on any atom is -0.353 e. The van der Waals surface area contributed by atoms with Crippen molar-refractivity contribution in [2.45, 2.75) is 46.3 Å². The van der Waals surface area contributed by atoms with Crippen LogP contribution in [0.1, 0.15) is 31.5 Å². The highest BCUT2D eigenvalue weighted by Crippen LogP contribution is 2.08. The third-order valence-electron chi connectivity index (χ3n) is 2.05. The molecule has 1 rings (SSSR count). The highest BCUT2D eigenvalue weighted by Gasteiger charge is 2.13. The number of aromatic nitrogens is 1. The Hall–Kier alpha value is -0.940. The van der Waals surface area contributed by atoms with Crippen LogP contribution >= 0.6 is 11.3 Å². The molecule has 0 aliphatic rings. The second-order valence-electron chi connectivity index (χ2n) is 4.15. The molecule has 0 saturated carbocycles. The summed E-state index contributed by atoms with van der Waals surface area (Å²) in [4.78, 5) is 15.9. The lowest BCUT2D eigenvalue weighted by atomic mass is 10.3. The molecular formula is C11H19N3OS. The zero-order chi connectivity index (χ0) is 12.1. The molecule has 4 nitrogen and oxygen atoms in total. The summed E-state index contributed by atoms with van der Waals surface area (Å²) >= 11 is 1.61. The maximum Gasteiger partial charge on any atom is 0.237 e. The van der Waals surface area contributed by atoms with Crippen molar-refractivity contribution >= 4 is 17.2 Å². The van der Waals surface area contributed by atoms with Crippen molar-refractivity contribution in [2.24, 2.45) is 0 Å². The van der Waals surface area contributed by atoms with Crippen LogP contribution in [0.5, 0.6) is 0 Å². The van der Waals surface area contributed by atoms with Crippen LogP contribution in [0.2, 0.25) is 0 Å². The molecule has 0 saturated heterocycles. The summed E-state index contributed by atoms with van der Waals surface area (Å²) in [5.41, 5.74) is 1.03. The van der Waals surface area contributed by atoms with E-state index in [4.69, 9.17) is 0 Å². The Morgan fingerprint density at radius 2 is 2.19 bits per heavy atom. The van der Waals surface area contributed by atoms with E-state index in [2.05, 4.69) is 15.6 Å². The highest BCUT2D eigenvalue weighted by atomic mass is 32.1. The predicted octanol–water partition coefficient (Wildman–Crippen LogP) is 1.45. The first-order chi connectivity index (χ1) is 7.49. The lowest BCUT2D eigenvalue weighted by molar-refractivity contribution is -0.123. The van der Waals surface area contributed by atoms with E-state index in [1.807, 2.05) is 33.1 Å². The largest absolute Gasteiger partial charge is 0.353 e. The van der Waals surface area contributed by atoms with E-state index in [0.717, 1.165) is 10.7 Å². The maximum absolute atomic E-state index is 11.6. The molecular weight excluding hydrogens is 222 g/mol. The van der Waals surface area contributed by atoms with Crippen LogP contribution < -0.4 is 10.6 Å². The first kappa shape index (κ1) is 13.1. The minimum atomic E-state index is -0.188. The monoisotopic (exact) mass is 241 g/mol. The Labute approximate surface area is 100 Å². The van der Waals surface area contributed by atoms with Gasteiger partial charge in [0, 0.05) is 23.7 Å². The normalized spacial score (nSPS) is 12.8. The average Bonchev–Trinajstić information content (AvgIpc) is 2.59. The van der Waals surface area contributed by atoms with Gasteiger partial charge in [0.15, 0.2) is 0 Å². The molecule has 1 aromatic rings. The second-order valence-corrected chi connectivity index (χ2v) is 5.09. The van der Waals surface area contributed by atoms with E-state index in [-0.39, 0.29) is 18.0 Å². The van der Waals surface area contributed by atoms with Gasteiger partial charge in [-0.2, -0.15) is 0 Å². The summed E-state index contributed by atoms with van der Waals surface area (Å²) in [5.74, 6) is 0.0308. The van der Waals surface area contributed by atoms with E-state index < -0.39 is 0 Å². The van der Waals surface area contributed by atoms with Gasteiger partial charge < -0.3 is 5.32 Å². The number of hydrogen-bond acceptors (Lipinski definition) is 4. The Kier molecular flexibility index (Phi) is 4.89. The number of hydrogen-bond donors (Lipinski definition) is 2. The van der Waals surface area contributed by atoms with Crippen LogP contribution in [-0.4, -0.2) is 23.0 Å². The van der Waals surface area contributed by atoms with Gasteiger partial charge in [0.2, 0.25) is 5.91 Å². The molecule has 90 valence electrons. The first-order valence-corrected chi connectivity index (χ1v) is 6.31. The molecule has 1 unspecified atom stereocenters. The van der Waals surface area contributed by atoms with Gasteiger partial charge in [-0.05, 0) is 27.7 Å². The molecule has 1 amide bonds.